The van der Waals surface area contributed by atoms with Crippen LogP contribution >= 0.6 is 12.4 Å². The average molecular weight is 307 g/mol. The number of hydrogen-bond donors (Lipinski definition) is 2. The molecule has 2 rings (SSSR count). The van der Waals surface area contributed by atoms with Crippen LogP contribution in [-0.2, 0) is 4.79 Å². The lowest BCUT2D eigenvalue weighted by Gasteiger charge is -2.22. The van der Waals surface area contributed by atoms with E-state index < -0.39 is 12.2 Å². The molecule has 0 unspecified atom stereocenters. The fraction of sp³-hybridized carbons (Fsp3) is 0.462. The van der Waals surface area contributed by atoms with Crippen LogP contribution in [0, 0.1) is 0 Å². The fourth-order valence-corrected chi connectivity index (χ4v) is 2.21. The third kappa shape index (κ3) is 4.05. The van der Waals surface area contributed by atoms with Gasteiger partial charge in [-0.25, -0.2) is 0 Å². The van der Waals surface area contributed by atoms with Gasteiger partial charge in [0.15, 0.2) is 0 Å². The van der Waals surface area contributed by atoms with E-state index in [1.165, 1.54) is 24.3 Å². The molecule has 1 aromatic carbocycles. The van der Waals surface area contributed by atoms with Crippen molar-refractivity contribution in [2.45, 2.75) is 37.8 Å². The third-order valence-electron chi connectivity index (χ3n) is 3.29. The summed E-state index contributed by atoms with van der Waals surface area (Å²) in [5, 5.41) is 2.70. The van der Waals surface area contributed by atoms with Crippen LogP contribution < -0.4 is 15.8 Å². The summed E-state index contributed by atoms with van der Waals surface area (Å²) in [5.74, 6) is -0.177. The van der Waals surface area contributed by atoms with Crippen LogP contribution in [0.4, 0.5) is 14.5 Å². The van der Waals surface area contributed by atoms with Gasteiger partial charge in [-0.2, -0.15) is 8.78 Å². The molecule has 1 fully saturated rings. The largest absolute Gasteiger partial charge is 0.435 e. The predicted octanol–water partition coefficient (Wildman–Crippen LogP) is 2.92. The van der Waals surface area contributed by atoms with E-state index in [-0.39, 0.29) is 24.1 Å². The molecule has 1 amide bonds. The lowest BCUT2D eigenvalue weighted by molar-refractivity contribution is -0.121. The zero-order valence-electron chi connectivity index (χ0n) is 10.8. The van der Waals surface area contributed by atoms with Crippen LogP contribution in [0.15, 0.2) is 24.3 Å². The van der Waals surface area contributed by atoms with Gasteiger partial charge in [0.05, 0.1) is 5.54 Å². The fourth-order valence-electron chi connectivity index (χ4n) is 2.21. The number of carbonyl (C=O) groups is 1. The Hall–Kier alpha value is -1.40. The van der Waals surface area contributed by atoms with Crippen molar-refractivity contribution < 1.29 is 18.3 Å². The molecule has 1 aromatic rings. The number of ether oxygens (including phenoxy) is 1. The summed E-state index contributed by atoms with van der Waals surface area (Å²) < 4.78 is 28.2. The molecule has 0 atom stereocenters. The number of nitrogens with two attached hydrogens (primary N) is 1. The van der Waals surface area contributed by atoms with Gasteiger partial charge in [-0.3, -0.25) is 4.79 Å². The topological polar surface area (TPSA) is 64.4 Å². The van der Waals surface area contributed by atoms with E-state index >= 15 is 0 Å². The first-order valence-corrected chi connectivity index (χ1v) is 6.15. The quantitative estimate of drug-likeness (QED) is 0.899. The molecule has 4 nitrogen and oxygen atoms in total. The van der Waals surface area contributed by atoms with Crippen molar-refractivity contribution in [3.05, 3.63) is 24.3 Å². The van der Waals surface area contributed by atoms with E-state index in [0.29, 0.717) is 18.5 Å². The number of rotatable bonds is 4. The number of halogens is 3. The van der Waals surface area contributed by atoms with Gasteiger partial charge in [-0.05, 0) is 37.1 Å². The molecular formula is C13H17ClF2N2O2. The second-order valence-corrected chi connectivity index (χ2v) is 4.72. The molecule has 1 aliphatic carbocycles. The number of hydrogen-bond acceptors (Lipinski definition) is 3. The van der Waals surface area contributed by atoms with Crippen molar-refractivity contribution in [1.82, 2.24) is 0 Å². The Morgan fingerprint density at radius 1 is 1.25 bits per heavy atom. The van der Waals surface area contributed by atoms with Gasteiger partial charge in [0, 0.05) is 5.69 Å². The van der Waals surface area contributed by atoms with E-state index in [2.05, 4.69) is 10.1 Å². The minimum Gasteiger partial charge on any atom is -0.435 e. The molecule has 0 radical (unpaired) electrons. The summed E-state index contributed by atoms with van der Waals surface area (Å²) in [6.07, 6.45) is 3.24. The molecule has 0 aliphatic heterocycles. The highest BCUT2D eigenvalue weighted by Crippen LogP contribution is 2.28. The standard InChI is InChI=1S/C13H16F2N2O2.ClH/c14-12(15)19-10-5-3-9(4-6-10)17-11(18)13(16)7-1-2-8-13;/h3-6,12H,1-2,7-8,16H2,(H,17,18);1H. The predicted molar refractivity (Wildman–Crippen MR) is 74.3 cm³/mol. The van der Waals surface area contributed by atoms with Crippen molar-refractivity contribution in [2.75, 3.05) is 5.32 Å². The van der Waals surface area contributed by atoms with Gasteiger partial charge in [0.1, 0.15) is 5.75 Å². The van der Waals surface area contributed by atoms with Crippen molar-refractivity contribution in [2.24, 2.45) is 5.73 Å². The Morgan fingerprint density at radius 2 is 1.80 bits per heavy atom. The smallest absolute Gasteiger partial charge is 0.387 e. The average Bonchev–Trinajstić information content (AvgIpc) is 2.79. The molecule has 0 aromatic heterocycles. The normalized spacial score (nSPS) is 16.6. The Morgan fingerprint density at radius 3 is 2.30 bits per heavy atom. The molecular weight excluding hydrogens is 290 g/mol. The highest BCUT2D eigenvalue weighted by molar-refractivity contribution is 5.98. The number of nitrogens with one attached hydrogen (secondary N) is 1. The minimum atomic E-state index is -2.86. The van der Waals surface area contributed by atoms with E-state index in [0.717, 1.165) is 12.8 Å². The molecule has 0 heterocycles. The van der Waals surface area contributed by atoms with Crippen LogP contribution in [-0.4, -0.2) is 18.1 Å². The first-order chi connectivity index (χ1) is 8.99. The van der Waals surface area contributed by atoms with Gasteiger partial charge >= 0.3 is 6.61 Å². The molecule has 7 heteroatoms. The van der Waals surface area contributed by atoms with Crippen LogP contribution in [0.25, 0.3) is 0 Å². The Kier molecular flexibility index (Phi) is 5.71. The summed E-state index contributed by atoms with van der Waals surface area (Å²) in [5.41, 5.74) is 5.72. The summed E-state index contributed by atoms with van der Waals surface area (Å²) >= 11 is 0. The summed E-state index contributed by atoms with van der Waals surface area (Å²) in [6.45, 7) is -2.86. The van der Waals surface area contributed by atoms with Crippen LogP contribution in [0.5, 0.6) is 5.75 Å². The number of carbonyl (C=O) groups excluding carboxylic acids is 1. The van der Waals surface area contributed by atoms with E-state index in [4.69, 9.17) is 5.73 Å². The first kappa shape index (κ1) is 16.7. The molecule has 0 spiro atoms. The van der Waals surface area contributed by atoms with E-state index in [9.17, 15) is 13.6 Å². The van der Waals surface area contributed by atoms with Gasteiger partial charge in [-0.1, -0.05) is 12.8 Å². The molecule has 0 saturated heterocycles. The maximum absolute atomic E-state index is 12.0. The van der Waals surface area contributed by atoms with Gasteiger partial charge in [0.25, 0.3) is 0 Å². The highest BCUT2D eigenvalue weighted by atomic mass is 35.5. The Bertz CT molecular complexity index is 448. The van der Waals surface area contributed by atoms with Crippen molar-refractivity contribution in [1.29, 1.82) is 0 Å². The molecule has 20 heavy (non-hydrogen) atoms. The SMILES string of the molecule is Cl.NC1(C(=O)Nc2ccc(OC(F)F)cc2)CCCC1. The number of alkyl halides is 2. The van der Waals surface area contributed by atoms with Crippen molar-refractivity contribution >= 4 is 24.0 Å². The van der Waals surface area contributed by atoms with Crippen LogP contribution in [0.1, 0.15) is 25.7 Å². The molecule has 1 saturated carbocycles. The van der Waals surface area contributed by atoms with Gasteiger partial charge in [0.2, 0.25) is 5.91 Å². The summed E-state index contributed by atoms with van der Waals surface area (Å²) in [7, 11) is 0. The lowest BCUT2D eigenvalue weighted by atomic mass is 9.98. The Balaban J connectivity index is 0.00000200. The monoisotopic (exact) mass is 306 g/mol. The second kappa shape index (κ2) is 6.85. The first-order valence-electron chi connectivity index (χ1n) is 6.15. The summed E-state index contributed by atoms with van der Waals surface area (Å²) in [4.78, 5) is 12.0. The number of benzene rings is 1. The number of amides is 1. The van der Waals surface area contributed by atoms with Crippen molar-refractivity contribution in [3.63, 3.8) is 0 Å². The Labute approximate surface area is 122 Å². The zero-order chi connectivity index (χ0) is 13.9. The number of anilines is 1. The lowest BCUT2D eigenvalue weighted by Crippen LogP contribution is -2.48. The maximum Gasteiger partial charge on any atom is 0.387 e. The van der Waals surface area contributed by atoms with E-state index in [1.54, 1.807) is 0 Å². The van der Waals surface area contributed by atoms with Gasteiger partial charge in [-0.15, -0.1) is 12.4 Å². The minimum absolute atomic E-state index is 0. The second-order valence-electron chi connectivity index (χ2n) is 4.72. The van der Waals surface area contributed by atoms with Crippen LogP contribution in [0.2, 0.25) is 0 Å². The van der Waals surface area contributed by atoms with Crippen molar-refractivity contribution in [3.8, 4) is 5.75 Å². The highest BCUT2D eigenvalue weighted by Gasteiger charge is 2.36. The molecule has 0 bridgehead atoms. The molecule has 1 aliphatic rings. The van der Waals surface area contributed by atoms with Crippen LogP contribution in [0.3, 0.4) is 0 Å². The molecule has 112 valence electrons. The van der Waals surface area contributed by atoms with Gasteiger partial charge < -0.3 is 15.8 Å². The molecule has 3 N–H and O–H groups in total. The van der Waals surface area contributed by atoms with E-state index in [1.807, 2.05) is 0 Å². The summed E-state index contributed by atoms with van der Waals surface area (Å²) in [6, 6.07) is 5.76. The maximum atomic E-state index is 12.0. The zero-order valence-corrected chi connectivity index (χ0v) is 11.6. The third-order valence-corrected chi connectivity index (χ3v) is 3.29.